The largest absolute Gasteiger partial charge is 0.504 e. The van der Waals surface area contributed by atoms with Gasteiger partial charge in [0.2, 0.25) is 0 Å². The van der Waals surface area contributed by atoms with E-state index >= 15 is 0 Å². The van der Waals surface area contributed by atoms with Gasteiger partial charge in [-0.15, -0.1) is 0 Å². The molecule has 0 saturated heterocycles. The van der Waals surface area contributed by atoms with E-state index in [1.165, 1.54) is 38.5 Å². The first-order chi connectivity index (χ1) is 13.3. The molecule has 0 spiro atoms. The molecule has 8 heteroatoms. The molecule has 0 aliphatic rings. The molecule has 146 valence electrons. The van der Waals surface area contributed by atoms with Crippen LogP contribution < -0.4 is 15.1 Å². The highest BCUT2D eigenvalue weighted by atomic mass is 16.5. The lowest BCUT2D eigenvalue weighted by Gasteiger charge is -2.03. The van der Waals surface area contributed by atoms with Crippen LogP contribution in [0.5, 0.6) is 23.0 Å². The van der Waals surface area contributed by atoms with Crippen molar-refractivity contribution in [3.63, 3.8) is 0 Å². The lowest BCUT2D eigenvalue weighted by atomic mass is 10.2. The average molecular weight is 386 g/mol. The zero-order valence-electron chi connectivity index (χ0n) is 15.1. The van der Waals surface area contributed by atoms with E-state index in [-0.39, 0.29) is 11.5 Å². The number of phenols is 2. The quantitative estimate of drug-likeness (QED) is 0.461. The molecule has 0 aliphatic heterocycles. The molecule has 28 heavy (non-hydrogen) atoms. The average Bonchev–Trinajstić information content (AvgIpc) is 2.67. The fourth-order valence-electron chi connectivity index (χ4n) is 2.21. The molecule has 0 fully saturated rings. The van der Waals surface area contributed by atoms with Crippen molar-refractivity contribution in [3.8, 4) is 23.0 Å². The van der Waals surface area contributed by atoms with Gasteiger partial charge in [-0.05, 0) is 35.9 Å². The summed E-state index contributed by atoms with van der Waals surface area (Å²) in [4.78, 5) is 21.1. The number of ether oxygens (including phenoxy) is 2. The topological polar surface area (TPSA) is 126 Å². The predicted octanol–water partition coefficient (Wildman–Crippen LogP) is 3.01. The number of carboxylic acid groups (broad SMARTS) is 1. The van der Waals surface area contributed by atoms with Crippen molar-refractivity contribution in [2.75, 3.05) is 14.2 Å². The van der Waals surface area contributed by atoms with Crippen LogP contribution in [-0.2, 0) is 4.79 Å². The molecule has 1 aromatic heterocycles. The smallest absolute Gasteiger partial charge is 0.336 e. The Morgan fingerprint density at radius 1 is 0.964 bits per heavy atom. The summed E-state index contributed by atoms with van der Waals surface area (Å²) in [5.41, 5.74) is 0.555. The van der Waals surface area contributed by atoms with Crippen LogP contribution in [0.15, 0.2) is 57.8 Å². The van der Waals surface area contributed by atoms with Crippen molar-refractivity contribution in [2.24, 2.45) is 0 Å². The standard InChI is InChI=1S/C10H8O4.C10H10O4/c1-13-9-4-6-2-3-10(12)14-8(6)5-7(9)11;1-14-9-6-7(2-4-8(9)11)3-5-10(12)13/h2-5,11H,1H3;2-6,11H,1H3,(H,12,13)/b;5-3+. The number of carbonyl (C=O) groups is 1. The summed E-state index contributed by atoms with van der Waals surface area (Å²) in [6, 6.07) is 10.5. The maximum atomic E-state index is 10.9. The number of rotatable bonds is 4. The van der Waals surface area contributed by atoms with E-state index in [9.17, 15) is 19.8 Å². The van der Waals surface area contributed by atoms with Crippen molar-refractivity contribution >= 4 is 23.0 Å². The summed E-state index contributed by atoms with van der Waals surface area (Å²) in [5, 5.41) is 27.8. The molecule has 0 unspecified atom stereocenters. The maximum Gasteiger partial charge on any atom is 0.336 e. The number of benzene rings is 2. The summed E-state index contributed by atoms with van der Waals surface area (Å²) in [6.45, 7) is 0. The van der Waals surface area contributed by atoms with Crippen LogP contribution in [0.25, 0.3) is 17.0 Å². The second kappa shape index (κ2) is 9.13. The van der Waals surface area contributed by atoms with Gasteiger partial charge in [-0.2, -0.15) is 0 Å². The Kier molecular flexibility index (Phi) is 6.64. The molecule has 0 amide bonds. The molecular weight excluding hydrogens is 368 g/mol. The summed E-state index contributed by atoms with van der Waals surface area (Å²) >= 11 is 0. The van der Waals surface area contributed by atoms with E-state index in [4.69, 9.17) is 19.0 Å². The first-order valence-corrected chi connectivity index (χ1v) is 7.93. The first kappa shape index (κ1) is 20.4. The molecule has 0 saturated carbocycles. The predicted molar refractivity (Wildman–Crippen MR) is 102 cm³/mol. The molecule has 0 aliphatic carbocycles. The zero-order valence-corrected chi connectivity index (χ0v) is 15.1. The van der Waals surface area contributed by atoms with Crippen molar-refractivity contribution in [3.05, 3.63) is 64.5 Å². The van der Waals surface area contributed by atoms with Gasteiger partial charge in [0.1, 0.15) is 5.58 Å². The van der Waals surface area contributed by atoms with Crippen molar-refractivity contribution in [1.82, 2.24) is 0 Å². The Labute approximate surface area is 159 Å². The van der Waals surface area contributed by atoms with Gasteiger partial charge in [-0.25, -0.2) is 9.59 Å². The fraction of sp³-hybridized carbons (Fsp3) is 0.100. The van der Waals surface area contributed by atoms with Crippen LogP contribution in [0.3, 0.4) is 0 Å². The van der Waals surface area contributed by atoms with Crippen LogP contribution in [0.1, 0.15) is 5.56 Å². The number of fused-ring (bicyclic) bond motifs is 1. The van der Waals surface area contributed by atoms with Gasteiger partial charge in [0.05, 0.1) is 14.2 Å². The number of aromatic hydroxyl groups is 2. The lowest BCUT2D eigenvalue weighted by Crippen LogP contribution is -1.94. The highest BCUT2D eigenvalue weighted by Gasteiger charge is 2.05. The summed E-state index contributed by atoms with van der Waals surface area (Å²) < 4.78 is 14.6. The molecule has 0 radical (unpaired) electrons. The Bertz CT molecular complexity index is 1070. The van der Waals surface area contributed by atoms with Gasteiger partial charge in [0.15, 0.2) is 23.0 Å². The second-order valence-corrected chi connectivity index (χ2v) is 5.42. The SMILES string of the molecule is COc1cc(/C=C/C(=O)O)ccc1O.COc1cc2ccc(=O)oc2cc1O. The summed E-state index contributed by atoms with van der Waals surface area (Å²) in [6.07, 6.45) is 2.44. The van der Waals surface area contributed by atoms with Crippen LogP contribution in [-0.4, -0.2) is 35.5 Å². The third-order valence-electron chi connectivity index (χ3n) is 3.54. The van der Waals surface area contributed by atoms with Crippen molar-refractivity contribution < 1.29 is 34.0 Å². The van der Waals surface area contributed by atoms with Gasteiger partial charge in [-0.3, -0.25) is 0 Å². The van der Waals surface area contributed by atoms with Crippen LogP contribution in [0, 0.1) is 0 Å². The molecule has 0 atom stereocenters. The minimum absolute atomic E-state index is 0.0278. The second-order valence-electron chi connectivity index (χ2n) is 5.42. The molecule has 3 aromatic rings. The zero-order chi connectivity index (χ0) is 20.7. The third-order valence-corrected chi connectivity index (χ3v) is 3.54. The Morgan fingerprint density at radius 3 is 2.29 bits per heavy atom. The lowest BCUT2D eigenvalue weighted by molar-refractivity contribution is -0.131. The molecule has 1 heterocycles. The van der Waals surface area contributed by atoms with Crippen molar-refractivity contribution in [1.29, 1.82) is 0 Å². The van der Waals surface area contributed by atoms with Crippen molar-refractivity contribution in [2.45, 2.75) is 0 Å². The highest BCUT2D eigenvalue weighted by Crippen LogP contribution is 2.30. The number of methoxy groups -OCH3 is 2. The molecule has 3 N–H and O–H groups in total. The molecule has 8 nitrogen and oxygen atoms in total. The summed E-state index contributed by atoms with van der Waals surface area (Å²) in [7, 11) is 2.89. The van der Waals surface area contributed by atoms with E-state index in [0.29, 0.717) is 28.0 Å². The van der Waals surface area contributed by atoms with Crippen LogP contribution in [0.2, 0.25) is 0 Å². The maximum absolute atomic E-state index is 10.9. The molecule has 3 rings (SSSR count). The number of hydrogen-bond acceptors (Lipinski definition) is 7. The van der Waals surface area contributed by atoms with E-state index in [0.717, 1.165) is 6.08 Å². The highest BCUT2D eigenvalue weighted by molar-refractivity contribution is 5.85. The first-order valence-electron chi connectivity index (χ1n) is 7.93. The fourth-order valence-corrected chi connectivity index (χ4v) is 2.21. The third kappa shape index (κ3) is 5.28. The summed E-state index contributed by atoms with van der Waals surface area (Å²) in [5.74, 6) is -0.366. The van der Waals surface area contributed by atoms with Gasteiger partial charge in [0.25, 0.3) is 0 Å². The van der Waals surface area contributed by atoms with Gasteiger partial charge >= 0.3 is 11.6 Å². The number of phenolic OH excluding ortho intramolecular Hbond substituents is 2. The Morgan fingerprint density at radius 2 is 1.64 bits per heavy atom. The Balaban J connectivity index is 0.000000200. The molecular formula is C20H18O8. The van der Waals surface area contributed by atoms with Crippen LogP contribution in [0.4, 0.5) is 0 Å². The van der Waals surface area contributed by atoms with E-state index < -0.39 is 11.6 Å². The minimum atomic E-state index is -1.02. The van der Waals surface area contributed by atoms with Crippen LogP contribution >= 0.6 is 0 Å². The van der Waals surface area contributed by atoms with Gasteiger partial charge in [0, 0.05) is 23.6 Å². The molecule has 0 bridgehead atoms. The van der Waals surface area contributed by atoms with Gasteiger partial charge < -0.3 is 29.2 Å². The Hall–Kier alpha value is -3.94. The monoisotopic (exact) mass is 386 g/mol. The van der Waals surface area contributed by atoms with E-state index in [1.807, 2.05) is 0 Å². The number of aliphatic carboxylic acids is 1. The van der Waals surface area contributed by atoms with E-state index in [2.05, 4.69) is 0 Å². The number of carboxylic acids is 1. The normalized spacial score (nSPS) is 10.4. The van der Waals surface area contributed by atoms with Gasteiger partial charge in [-0.1, -0.05) is 6.07 Å². The number of hydrogen-bond donors (Lipinski definition) is 3. The minimum Gasteiger partial charge on any atom is -0.504 e. The molecule has 2 aromatic carbocycles. The van der Waals surface area contributed by atoms with E-state index in [1.54, 1.807) is 24.3 Å².